The van der Waals surface area contributed by atoms with Crippen molar-refractivity contribution in [2.75, 3.05) is 0 Å². The topological polar surface area (TPSA) is 33.0 Å². The van der Waals surface area contributed by atoms with Gasteiger partial charge in [-0.3, -0.25) is 0 Å². The van der Waals surface area contributed by atoms with Crippen molar-refractivity contribution in [2.45, 2.75) is 11.9 Å². The first-order valence-corrected chi connectivity index (χ1v) is 6.81. The summed E-state index contributed by atoms with van der Waals surface area (Å²) in [5.74, 6) is 0.330. The van der Waals surface area contributed by atoms with Gasteiger partial charge in [0.25, 0.3) is 0 Å². The Hall–Kier alpha value is -1.86. The molecule has 0 aliphatic rings. The average molecular weight is 320 g/mol. The SMILES string of the molecule is N#Cc1ccc(F)cc1COc1cccc(CBr)c1. The molecule has 2 rings (SSSR count). The fourth-order valence-corrected chi connectivity index (χ4v) is 2.02. The summed E-state index contributed by atoms with van der Waals surface area (Å²) in [6, 6.07) is 13.7. The molecule has 0 fully saturated rings. The number of hydrogen-bond acceptors (Lipinski definition) is 2. The molecule has 0 aliphatic carbocycles. The molecule has 0 N–H and O–H groups in total. The normalized spacial score (nSPS) is 9.95. The van der Waals surface area contributed by atoms with Crippen molar-refractivity contribution in [3.8, 4) is 11.8 Å². The molecular weight excluding hydrogens is 309 g/mol. The first-order chi connectivity index (χ1) is 9.22. The summed E-state index contributed by atoms with van der Waals surface area (Å²) >= 11 is 3.37. The van der Waals surface area contributed by atoms with E-state index in [9.17, 15) is 4.39 Å². The third-order valence-electron chi connectivity index (χ3n) is 2.63. The lowest BCUT2D eigenvalue weighted by molar-refractivity contribution is 0.305. The summed E-state index contributed by atoms with van der Waals surface area (Å²) in [5, 5.41) is 9.70. The number of hydrogen-bond donors (Lipinski definition) is 0. The number of rotatable bonds is 4. The molecule has 0 radical (unpaired) electrons. The van der Waals surface area contributed by atoms with Crippen LogP contribution in [0.1, 0.15) is 16.7 Å². The summed E-state index contributed by atoms with van der Waals surface area (Å²) in [6.45, 7) is 0.173. The second-order valence-corrected chi connectivity index (χ2v) is 4.54. The van der Waals surface area contributed by atoms with E-state index in [-0.39, 0.29) is 12.4 Å². The van der Waals surface area contributed by atoms with Crippen LogP contribution >= 0.6 is 15.9 Å². The van der Waals surface area contributed by atoms with E-state index in [1.54, 1.807) is 0 Å². The van der Waals surface area contributed by atoms with Crippen molar-refractivity contribution in [3.63, 3.8) is 0 Å². The lowest BCUT2D eigenvalue weighted by Gasteiger charge is -2.08. The molecule has 0 atom stereocenters. The molecule has 2 aromatic rings. The van der Waals surface area contributed by atoms with E-state index >= 15 is 0 Å². The Morgan fingerprint density at radius 1 is 1.21 bits per heavy atom. The highest BCUT2D eigenvalue weighted by molar-refractivity contribution is 9.08. The van der Waals surface area contributed by atoms with Gasteiger partial charge in [0.1, 0.15) is 18.2 Å². The van der Waals surface area contributed by atoms with E-state index in [4.69, 9.17) is 10.00 Å². The predicted molar refractivity (Wildman–Crippen MR) is 74.5 cm³/mol. The summed E-state index contributed by atoms with van der Waals surface area (Å²) in [6.07, 6.45) is 0. The first-order valence-electron chi connectivity index (χ1n) is 5.69. The zero-order valence-electron chi connectivity index (χ0n) is 10.1. The predicted octanol–water partition coefficient (Wildman–Crippen LogP) is 4.17. The summed E-state index contributed by atoms with van der Waals surface area (Å²) < 4.78 is 18.8. The Morgan fingerprint density at radius 2 is 2.05 bits per heavy atom. The minimum Gasteiger partial charge on any atom is -0.489 e. The minimum absolute atomic E-state index is 0.173. The number of alkyl halides is 1. The maximum Gasteiger partial charge on any atom is 0.123 e. The van der Waals surface area contributed by atoms with Crippen LogP contribution in [0.15, 0.2) is 42.5 Å². The fourth-order valence-electron chi connectivity index (χ4n) is 1.67. The molecular formula is C15H11BrFNO. The Kier molecular flexibility index (Phi) is 4.53. The van der Waals surface area contributed by atoms with Crippen LogP contribution in [0.3, 0.4) is 0 Å². The highest BCUT2D eigenvalue weighted by Crippen LogP contribution is 2.18. The van der Waals surface area contributed by atoms with Crippen molar-refractivity contribution in [3.05, 3.63) is 65.0 Å². The molecule has 0 aromatic heterocycles. The average Bonchev–Trinajstić information content (AvgIpc) is 2.45. The smallest absolute Gasteiger partial charge is 0.123 e. The highest BCUT2D eigenvalue weighted by Gasteiger charge is 2.05. The van der Waals surface area contributed by atoms with Crippen LogP contribution in [0, 0.1) is 17.1 Å². The number of nitriles is 1. The third kappa shape index (κ3) is 3.55. The molecule has 0 bridgehead atoms. The van der Waals surface area contributed by atoms with Gasteiger partial charge in [-0.25, -0.2) is 4.39 Å². The minimum atomic E-state index is -0.369. The van der Waals surface area contributed by atoms with Crippen LogP contribution in [0.4, 0.5) is 4.39 Å². The number of benzene rings is 2. The van der Waals surface area contributed by atoms with Crippen molar-refractivity contribution < 1.29 is 9.13 Å². The molecule has 0 unspecified atom stereocenters. The second kappa shape index (κ2) is 6.35. The van der Waals surface area contributed by atoms with Gasteiger partial charge < -0.3 is 4.74 Å². The van der Waals surface area contributed by atoms with Gasteiger partial charge in [0.05, 0.1) is 11.6 Å². The third-order valence-corrected chi connectivity index (χ3v) is 3.28. The molecule has 0 saturated carbocycles. The molecule has 0 spiro atoms. The van der Waals surface area contributed by atoms with E-state index in [0.717, 1.165) is 10.9 Å². The van der Waals surface area contributed by atoms with Crippen molar-refractivity contribution >= 4 is 15.9 Å². The van der Waals surface area contributed by atoms with Gasteiger partial charge in [0, 0.05) is 10.9 Å². The monoisotopic (exact) mass is 319 g/mol. The first kappa shape index (κ1) is 13.6. The van der Waals surface area contributed by atoms with Crippen LogP contribution in [0.5, 0.6) is 5.75 Å². The highest BCUT2D eigenvalue weighted by atomic mass is 79.9. The van der Waals surface area contributed by atoms with Gasteiger partial charge >= 0.3 is 0 Å². The van der Waals surface area contributed by atoms with Gasteiger partial charge in [-0.15, -0.1) is 0 Å². The van der Waals surface area contributed by atoms with Gasteiger partial charge in [-0.05, 0) is 35.9 Å². The van der Waals surface area contributed by atoms with Crippen molar-refractivity contribution in [1.82, 2.24) is 0 Å². The van der Waals surface area contributed by atoms with Gasteiger partial charge in [-0.2, -0.15) is 5.26 Å². The number of halogens is 2. The van der Waals surface area contributed by atoms with Crippen LogP contribution in [-0.4, -0.2) is 0 Å². The van der Waals surface area contributed by atoms with E-state index in [2.05, 4.69) is 15.9 Å². The van der Waals surface area contributed by atoms with Gasteiger partial charge in [0.2, 0.25) is 0 Å². The molecule has 19 heavy (non-hydrogen) atoms. The lowest BCUT2D eigenvalue weighted by atomic mass is 10.1. The molecule has 0 amide bonds. The van der Waals surface area contributed by atoms with E-state index in [1.165, 1.54) is 18.2 Å². The summed E-state index contributed by atoms with van der Waals surface area (Å²) in [5.41, 5.74) is 2.07. The molecule has 96 valence electrons. The van der Waals surface area contributed by atoms with Crippen molar-refractivity contribution in [1.29, 1.82) is 5.26 Å². The maximum atomic E-state index is 13.2. The Bertz CT molecular complexity index is 622. The summed E-state index contributed by atoms with van der Waals surface area (Å²) in [7, 11) is 0. The number of ether oxygens (including phenoxy) is 1. The zero-order chi connectivity index (χ0) is 13.7. The van der Waals surface area contributed by atoms with Crippen LogP contribution in [0.25, 0.3) is 0 Å². The molecule has 0 aliphatic heterocycles. The Morgan fingerprint density at radius 3 is 2.79 bits per heavy atom. The quantitative estimate of drug-likeness (QED) is 0.792. The van der Waals surface area contributed by atoms with E-state index in [0.29, 0.717) is 16.9 Å². The fraction of sp³-hybridized carbons (Fsp3) is 0.133. The zero-order valence-corrected chi connectivity index (χ0v) is 11.7. The number of nitrogens with zero attached hydrogens (tertiary/aromatic N) is 1. The van der Waals surface area contributed by atoms with Crippen LogP contribution in [-0.2, 0) is 11.9 Å². The van der Waals surface area contributed by atoms with Crippen molar-refractivity contribution in [2.24, 2.45) is 0 Å². The van der Waals surface area contributed by atoms with Gasteiger partial charge in [-0.1, -0.05) is 28.1 Å². The Balaban J connectivity index is 2.14. The van der Waals surface area contributed by atoms with Crippen LogP contribution < -0.4 is 4.74 Å². The van der Waals surface area contributed by atoms with Crippen LogP contribution in [0.2, 0.25) is 0 Å². The maximum absolute atomic E-state index is 13.2. The lowest BCUT2D eigenvalue weighted by Crippen LogP contribution is -1.99. The standard InChI is InChI=1S/C15H11BrFNO/c16-8-11-2-1-3-15(6-11)19-10-13-7-14(17)5-4-12(13)9-18/h1-7H,8,10H2. The molecule has 2 nitrogen and oxygen atoms in total. The van der Waals surface area contributed by atoms with E-state index in [1.807, 2.05) is 30.3 Å². The molecule has 2 aromatic carbocycles. The largest absolute Gasteiger partial charge is 0.489 e. The second-order valence-electron chi connectivity index (χ2n) is 3.98. The molecule has 0 heterocycles. The molecule has 4 heteroatoms. The van der Waals surface area contributed by atoms with Gasteiger partial charge in [0.15, 0.2) is 0 Å². The van der Waals surface area contributed by atoms with E-state index < -0.39 is 0 Å². The molecule has 0 saturated heterocycles. The summed E-state index contributed by atoms with van der Waals surface area (Å²) in [4.78, 5) is 0. The Labute approximate surface area is 119 Å².